The molecule has 5 heteroatoms. The molecule has 1 unspecified atom stereocenters. The number of nitrogens with zero attached hydrogens (tertiary/aromatic N) is 3. The first kappa shape index (κ1) is 14.5. The molecule has 0 aliphatic carbocycles. The summed E-state index contributed by atoms with van der Waals surface area (Å²) in [6.07, 6.45) is 2.43. The van der Waals surface area contributed by atoms with Crippen LogP contribution in [-0.4, -0.2) is 34.0 Å². The van der Waals surface area contributed by atoms with E-state index in [-0.39, 0.29) is 6.04 Å². The van der Waals surface area contributed by atoms with E-state index in [1.807, 2.05) is 35.0 Å². The molecule has 1 aromatic carbocycles. The lowest BCUT2D eigenvalue weighted by Crippen LogP contribution is -2.37. The van der Waals surface area contributed by atoms with Crippen LogP contribution in [0.25, 0.3) is 0 Å². The molecule has 5 nitrogen and oxygen atoms in total. The van der Waals surface area contributed by atoms with E-state index in [1.54, 1.807) is 6.33 Å². The van der Waals surface area contributed by atoms with E-state index < -0.39 is 0 Å². The summed E-state index contributed by atoms with van der Waals surface area (Å²) in [7, 11) is 0. The molecule has 1 atom stereocenters. The second-order valence-electron chi connectivity index (χ2n) is 4.57. The van der Waals surface area contributed by atoms with Gasteiger partial charge in [0.1, 0.15) is 24.5 Å². The van der Waals surface area contributed by atoms with Crippen molar-refractivity contribution in [2.45, 2.75) is 32.9 Å². The van der Waals surface area contributed by atoms with E-state index in [4.69, 9.17) is 4.74 Å². The van der Waals surface area contributed by atoms with Gasteiger partial charge in [0.05, 0.1) is 0 Å². The van der Waals surface area contributed by atoms with Crippen molar-refractivity contribution in [3.05, 3.63) is 42.5 Å². The van der Waals surface area contributed by atoms with E-state index in [1.165, 1.54) is 0 Å². The highest BCUT2D eigenvalue weighted by molar-refractivity contribution is 5.21. The number of hydrogen-bond acceptors (Lipinski definition) is 4. The molecule has 108 valence electrons. The minimum atomic E-state index is 0.231. The summed E-state index contributed by atoms with van der Waals surface area (Å²) in [4.78, 5) is 4.32. The van der Waals surface area contributed by atoms with Crippen LogP contribution in [0.2, 0.25) is 0 Å². The molecule has 0 radical (unpaired) electrons. The maximum Gasteiger partial charge on any atom is 0.138 e. The fourth-order valence-corrected chi connectivity index (χ4v) is 2.12. The van der Waals surface area contributed by atoms with Gasteiger partial charge in [0.15, 0.2) is 0 Å². The average Bonchev–Trinajstić information content (AvgIpc) is 2.93. The Kier molecular flexibility index (Phi) is 5.55. The highest BCUT2D eigenvalue weighted by Gasteiger charge is 2.13. The molecule has 0 aliphatic rings. The maximum absolute atomic E-state index is 5.82. The molecule has 0 aliphatic heterocycles. The average molecular weight is 274 g/mol. The second kappa shape index (κ2) is 7.65. The van der Waals surface area contributed by atoms with Crippen LogP contribution in [0.4, 0.5) is 0 Å². The third-order valence-electron chi connectivity index (χ3n) is 3.11. The Morgan fingerprint density at radius 2 is 2.05 bits per heavy atom. The maximum atomic E-state index is 5.82. The lowest BCUT2D eigenvalue weighted by atomic mass is 10.2. The van der Waals surface area contributed by atoms with Crippen molar-refractivity contribution < 1.29 is 4.74 Å². The van der Waals surface area contributed by atoms with Crippen molar-refractivity contribution in [3.8, 4) is 5.75 Å². The largest absolute Gasteiger partial charge is 0.492 e. The van der Waals surface area contributed by atoms with Gasteiger partial charge in [-0.1, -0.05) is 25.1 Å². The molecule has 0 saturated carbocycles. The van der Waals surface area contributed by atoms with Gasteiger partial charge in [-0.15, -0.1) is 0 Å². The standard InChI is InChI=1S/C15H22N4O/c1-3-16-13(10-15-17-12-18-19(15)4-2)11-20-14-8-6-5-7-9-14/h5-9,12-13,16H,3-4,10-11H2,1-2H3. The highest BCUT2D eigenvalue weighted by Crippen LogP contribution is 2.09. The van der Waals surface area contributed by atoms with E-state index in [2.05, 4.69) is 29.2 Å². The Morgan fingerprint density at radius 3 is 2.75 bits per heavy atom. The van der Waals surface area contributed by atoms with Crippen molar-refractivity contribution in [3.63, 3.8) is 0 Å². The molecule has 0 spiro atoms. The van der Waals surface area contributed by atoms with Crippen LogP contribution < -0.4 is 10.1 Å². The van der Waals surface area contributed by atoms with Gasteiger partial charge in [0.25, 0.3) is 0 Å². The van der Waals surface area contributed by atoms with Crippen molar-refractivity contribution in [1.82, 2.24) is 20.1 Å². The quantitative estimate of drug-likeness (QED) is 0.799. The van der Waals surface area contributed by atoms with Crippen LogP contribution in [0, 0.1) is 0 Å². The summed E-state index contributed by atoms with van der Waals surface area (Å²) in [5.41, 5.74) is 0. The second-order valence-corrected chi connectivity index (χ2v) is 4.57. The summed E-state index contributed by atoms with van der Waals surface area (Å²) in [6.45, 7) is 6.53. The molecule has 2 rings (SSSR count). The summed E-state index contributed by atoms with van der Waals surface area (Å²) in [5.74, 6) is 1.89. The Hall–Kier alpha value is -1.88. The van der Waals surface area contributed by atoms with Crippen LogP contribution in [0.15, 0.2) is 36.7 Å². The Bertz CT molecular complexity index is 498. The Morgan fingerprint density at radius 1 is 1.25 bits per heavy atom. The zero-order valence-corrected chi connectivity index (χ0v) is 12.1. The predicted octanol–water partition coefficient (Wildman–Crippen LogP) is 1.90. The van der Waals surface area contributed by atoms with E-state index in [0.29, 0.717) is 6.61 Å². The third-order valence-corrected chi connectivity index (χ3v) is 3.11. The number of benzene rings is 1. The molecule has 0 saturated heterocycles. The fourth-order valence-electron chi connectivity index (χ4n) is 2.12. The molecule has 1 N–H and O–H groups in total. The van der Waals surface area contributed by atoms with Crippen LogP contribution in [0.1, 0.15) is 19.7 Å². The van der Waals surface area contributed by atoms with Gasteiger partial charge >= 0.3 is 0 Å². The summed E-state index contributed by atoms with van der Waals surface area (Å²) in [5, 5.41) is 7.64. The van der Waals surface area contributed by atoms with E-state index in [9.17, 15) is 0 Å². The number of para-hydroxylation sites is 1. The lowest BCUT2D eigenvalue weighted by molar-refractivity contribution is 0.262. The number of aromatic nitrogens is 3. The number of nitrogens with one attached hydrogen (secondary N) is 1. The zero-order valence-electron chi connectivity index (χ0n) is 12.1. The molecular weight excluding hydrogens is 252 g/mol. The normalized spacial score (nSPS) is 12.3. The number of likely N-dealkylation sites (N-methyl/N-ethyl adjacent to an activating group) is 1. The summed E-state index contributed by atoms with van der Waals surface area (Å²) in [6, 6.07) is 10.1. The molecule has 2 aromatic rings. The molecular formula is C15H22N4O. The summed E-state index contributed by atoms with van der Waals surface area (Å²) >= 11 is 0. The fraction of sp³-hybridized carbons (Fsp3) is 0.467. The van der Waals surface area contributed by atoms with Crippen LogP contribution in [0.3, 0.4) is 0 Å². The van der Waals surface area contributed by atoms with Crippen LogP contribution in [0.5, 0.6) is 5.75 Å². The topological polar surface area (TPSA) is 52.0 Å². The molecule has 20 heavy (non-hydrogen) atoms. The molecule has 0 amide bonds. The van der Waals surface area contributed by atoms with E-state index in [0.717, 1.165) is 31.1 Å². The zero-order chi connectivity index (χ0) is 14.2. The molecule has 0 fully saturated rings. The SMILES string of the molecule is CCNC(COc1ccccc1)Cc1ncnn1CC. The lowest BCUT2D eigenvalue weighted by Gasteiger charge is -2.18. The van der Waals surface area contributed by atoms with Gasteiger partial charge in [0.2, 0.25) is 0 Å². The number of hydrogen-bond donors (Lipinski definition) is 1. The molecule has 1 aromatic heterocycles. The van der Waals surface area contributed by atoms with Crippen molar-refractivity contribution in [2.24, 2.45) is 0 Å². The first-order chi connectivity index (χ1) is 9.83. The number of aryl methyl sites for hydroxylation is 1. The predicted molar refractivity (Wildman–Crippen MR) is 78.8 cm³/mol. The number of ether oxygens (including phenoxy) is 1. The first-order valence-electron chi connectivity index (χ1n) is 7.11. The minimum absolute atomic E-state index is 0.231. The molecule has 1 heterocycles. The smallest absolute Gasteiger partial charge is 0.138 e. The Balaban J connectivity index is 1.93. The summed E-state index contributed by atoms with van der Waals surface area (Å²) < 4.78 is 7.75. The van der Waals surface area contributed by atoms with Gasteiger partial charge in [-0.05, 0) is 25.6 Å². The Labute approximate surface area is 120 Å². The third kappa shape index (κ3) is 4.06. The van der Waals surface area contributed by atoms with Crippen LogP contribution >= 0.6 is 0 Å². The van der Waals surface area contributed by atoms with Crippen molar-refractivity contribution >= 4 is 0 Å². The molecule has 0 bridgehead atoms. The first-order valence-corrected chi connectivity index (χ1v) is 7.11. The monoisotopic (exact) mass is 274 g/mol. The van der Waals surface area contributed by atoms with Gasteiger partial charge in [-0.3, -0.25) is 4.68 Å². The van der Waals surface area contributed by atoms with Gasteiger partial charge < -0.3 is 10.1 Å². The van der Waals surface area contributed by atoms with Gasteiger partial charge in [-0.2, -0.15) is 5.10 Å². The van der Waals surface area contributed by atoms with E-state index >= 15 is 0 Å². The highest BCUT2D eigenvalue weighted by atomic mass is 16.5. The van der Waals surface area contributed by atoms with Gasteiger partial charge in [-0.25, -0.2) is 4.98 Å². The number of rotatable bonds is 8. The van der Waals surface area contributed by atoms with Crippen molar-refractivity contribution in [2.75, 3.05) is 13.2 Å². The van der Waals surface area contributed by atoms with Crippen LogP contribution in [-0.2, 0) is 13.0 Å². The minimum Gasteiger partial charge on any atom is -0.492 e. The van der Waals surface area contributed by atoms with Crippen molar-refractivity contribution in [1.29, 1.82) is 0 Å². The van der Waals surface area contributed by atoms with Gasteiger partial charge in [0, 0.05) is 19.0 Å².